The van der Waals surface area contributed by atoms with Crippen molar-refractivity contribution < 1.29 is 0 Å². The van der Waals surface area contributed by atoms with Crippen LogP contribution >= 0.6 is 0 Å². The van der Waals surface area contributed by atoms with Crippen LogP contribution in [0.3, 0.4) is 0 Å². The summed E-state index contributed by atoms with van der Waals surface area (Å²) < 4.78 is 0. The van der Waals surface area contributed by atoms with Gasteiger partial charge in [0, 0.05) is 0 Å². The molecular formula is C30H54. The van der Waals surface area contributed by atoms with E-state index >= 15 is 0 Å². The van der Waals surface area contributed by atoms with Crippen LogP contribution in [0.15, 0.2) is 18.2 Å². The van der Waals surface area contributed by atoms with Gasteiger partial charge in [-0.1, -0.05) is 138 Å². The van der Waals surface area contributed by atoms with Crippen molar-refractivity contribution in [2.45, 2.75) is 156 Å². The maximum atomic E-state index is 2.57. The standard InChI is InChI=1S/C30H54/c1-10-13-16-19-28(4,5)25-22-26(29(6,7)20-17-14-11-2)24-27(23-25)30(8,9)21-18-15-12-3/h22-24H,10-21H2,1-9H3. The quantitative estimate of drug-likeness (QED) is 0.250. The van der Waals surface area contributed by atoms with Gasteiger partial charge in [0.25, 0.3) is 0 Å². The molecule has 1 rings (SSSR count). The van der Waals surface area contributed by atoms with Gasteiger partial charge in [0.15, 0.2) is 0 Å². The number of rotatable bonds is 15. The summed E-state index contributed by atoms with van der Waals surface area (Å²) in [6.07, 6.45) is 15.8. The second-order valence-electron chi connectivity index (χ2n) is 11.8. The molecule has 0 spiro atoms. The second kappa shape index (κ2) is 12.3. The molecule has 30 heavy (non-hydrogen) atoms. The zero-order chi connectivity index (χ0) is 22.8. The first-order chi connectivity index (χ1) is 14.0. The fourth-order valence-corrected chi connectivity index (χ4v) is 4.68. The Labute approximate surface area is 190 Å². The molecule has 1 aromatic rings. The summed E-state index contributed by atoms with van der Waals surface area (Å²) in [6, 6.07) is 7.72. The molecule has 0 aliphatic carbocycles. The highest BCUT2D eigenvalue weighted by Crippen LogP contribution is 2.40. The van der Waals surface area contributed by atoms with E-state index < -0.39 is 0 Å². The summed E-state index contributed by atoms with van der Waals surface area (Å²) in [5.41, 5.74) is 5.45. The molecule has 0 aliphatic heterocycles. The van der Waals surface area contributed by atoms with Crippen LogP contribution in [0.2, 0.25) is 0 Å². The van der Waals surface area contributed by atoms with Gasteiger partial charge in [0.05, 0.1) is 0 Å². The van der Waals surface area contributed by atoms with Crippen LogP contribution in [0, 0.1) is 0 Å². The maximum absolute atomic E-state index is 2.57. The molecule has 0 unspecified atom stereocenters. The highest BCUT2D eigenvalue weighted by atomic mass is 14.3. The predicted octanol–water partition coefficient (Wildman–Crippen LogP) is 10.3. The molecule has 0 atom stereocenters. The molecule has 0 bridgehead atoms. The van der Waals surface area contributed by atoms with Crippen molar-refractivity contribution in [3.05, 3.63) is 34.9 Å². The van der Waals surface area contributed by atoms with Crippen molar-refractivity contribution >= 4 is 0 Å². The third kappa shape index (κ3) is 8.39. The molecule has 0 saturated carbocycles. The van der Waals surface area contributed by atoms with Gasteiger partial charge >= 0.3 is 0 Å². The number of unbranched alkanes of at least 4 members (excludes halogenated alkanes) is 6. The number of benzene rings is 1. The monoisotopic (exact) mass is 414 g/mol. The first-order valence-electron chi connectivity index (χ1n) is 13.2. The maximum Gasteiger partial charge on any atom is -0.0103 e. The van der Waals surface area contributed by atoms with Crippen molar-refractivity contribution in [1.82, 2.24) is 0 Å². The summed E-state index contributed by atoms with van der Waals surface area (Å²) in [7, 11) is 0. The lowest BCUT2D eigenvalue weighted by Crippen LogP contribution is -2.25. The second-order valence-corrected chi connectivity index (χ2v) is 11.8. The Bertz CT molecular complexity index is 504. The van der Waals surface area contributed by atoms with Crippen LogP contribution in [0.1, 0.15) is 156 Å². The first kappa shape index (κ1) is 27.3. The Morgan fingerprint density at radius 3 is 0.867 bits per heavy atom. The molecule has 0 nitrogen and oxygen atoms in total. The summed E-state index contributed by atoms with van der Waals surface area (Å²) in [5.74, 6) is 0. The van der Waals surface area contributed by atoms with Gasteiger partial charge in [-0.3, -0.25) is 0 Å². The van der Waals surface area contributed by atoms with E-state index in [1.807, 2.05) is 0 Å². The van der Waals surface area contributed by atoms with Crippen molar-refractivity contribution in [3.8, 4) is 0 Å². The van der Waals surface area contributed by atoms with Gasteiger partial charge in [-0.25, -0.2) is 0 Å². The molecule has 0 heteroatoms. The van der Waals surface area contributed by atoms with Crippen molar-refractivity contribution in [3.63, 3.8) is 0 Å². The number of hydrogen-bond acceptors (Lipinski definition) is 0. The van der Waals surface area contributed by atoms with Crippen LogP contribution in [0.5, 0.6) is 0 Å². The Morgan fingerprint density at radius 2 is 0.667 bits per heavy atom. The molecular weight excluding hydrogens is 360 g/mol. The molecule has 0 heterocycles. The van der Waals surface area contributed by atoms with E-state index in [-0.39, 0.29) is 16.2 Å². The van der Waals surface area contributed by atoms with Gasteiger partial charge in [-0.2, -0.15) is 0 Å². The largest absolute Gasteiger partial charge is 0.0654 e. The highest BCUT2D eigenvalue weighted by Gasteiger charge is 2.29. The van der Waals surface area contributed by atoms with Gasteiger partial charge in [0.2, 0.25) is 0 Å². The zero-order valence-electron chi connectivity index (χ0n) is 22.2. The minimum Gasteiger partial charge on any atom is -0.0654 e. The molecule has 0 aromatic heterocycles. The Kier molecular flexibility index (Phi) is 11.2. The SMILES string of the molecule is CCCCCC(C)(C)c1cc(C(C)(C)CCCCC)cc(C(C)(C)CCCCC)c1. The van der Waals surface area contributed by atoms with E-state index in [4.69, 9.17) is 0 Å². The third-order valence-electron chi connectivity index (χ3n) is 7.49. The van der Waals surface area contributed by atoms with Crippen LogP contribution < -0.4 is 0 Å². The van der Waals surface area contributed by atoms with Crippen LogP contribution in [0.4, 0.5) is 0 Å². The van der Waals surface area contributed by atoms with Gasteiger partial charge in [0.1, 0.15) is 0 Å². The summed E-state index contributed by atoms with van der Waals surface area (Å²) in [4.78, 5) is 0. The molecule has 0 aliphatic rings. The molecule has 0 radical (unpaired) electrons. The minimum atomic E-state index is 0.249. The van der Waals surface area contributed by atoms with Gasteiger partial charge < -0.3 is 0 Å². The smallest absolute Gasteiger partial charge is 0.0103 e. The van der Waals surface area contributed by atoms with E-state index in [0.29, 0.717) is 0 Å². The summed E-state index contributed by atoms with van der Waals surface area (Å²) in [6.45, 7) is 21.8. The Hall–Kier alpha value is -0.780. The highest BCUT2D eigenvalue weighted by molar-refractivity contribution is 5.40. The van der Waals surface area contributed by atoms with Gasteiger partial charge in [-0.05, 0) is 52.2 Å². The molecule has 0 fully saturated rings. The number of hydrogen-bond donors (Lipinski definition) is 0. The Balaban J connectivity index is 3.33. The van der Waals surface area contributed by atoms with E-state index in [1.54, 1.807) is 16.7 Å². The molecule has 174 valence electrons. The topological polar surface area (TPSA) is 0 Å². The van der Waals surface area contributed by atoms with Crippen molar-refractivity contribution in [1.29, 1.82) is 0 Å². The van der Waals surface area contributed by atoms with Gasteiger partial charge in [-0.15, -0.1) is 0 Å². The molecule has 1 aromatic carbocycles. The molecule has 0 amide bonds. The Morgan fingerprint density at radius 1 is 0.433 bits per heavy atom. The van der Waals surface area contributed by atoms with E-state index in [1.165, 1.54) is 77.0 Å². The third-order valence-corrected chi connectivity index (χ3v) is 7.49. The predicted molar refractivity (Wildman–Crippen MR) is 138 cm³/mol. The average molecular weight is 415 g/mol. The fourth-order valence-electron chi connectivity index (χ4n) is 4.68. The zero-order valence-corrected chi connectivity index (χ0v) is 22.2. The summed E-state index contributed by atoms with van der Waals surface area (Å²) in [5, 5.41) is 0. The minimum absolute atomic E-state index is 0.249. The molecule has 0 saturated heterocycles. The normalized spacial score (nSPS) is 13.1. The summed E-state index contributed by atoms with van der Waals surface area (Å²) >= 11 is 0. The van der Waals surface area contributed by atoms with Crippen LogP contribution in [-0.4, -0.2) is 0 Å². The molecule has 0 N–H and O–H groups in total. The van der Waals surface area contributed by atoms with E-state index in [0.717, 1.165) is 0 Å². The van der Waals surface area contributed by atoms with E-state index in [2.05, 4.69) is 80.5 Å². The first-order valence-corrected chi connectivity index (χ1v) is 13.2. The lowest BCUT2D eigenvalue weighted by molar-refractivity contribution is 0.424. The van der Waals surface area contributed by atoms with Crippen molar-refractivity contribution in [2.75, 3.05) is 0 Å². The average Bonchev–Trinajstić information content (AvgIpc) is 2.68. The lowest BCUT2D eigenvalue weighted by Gasteiger charge is -2.34. The van der Waals surface area contributed by atoms with Crippen molar-refractivity contribution in [2.24, 2.45) is 0 Å². The van der Waals surface area contributed by atoms with E-state index in [9.17, 15) is 0 Å². The fraction of sp³-hybridized carbons (Fsp3) is 0.800. The van der Waals surface area contributed by atoms with Crippen LogP contribution in [-0.2, 0) is 16.2 Å². The lowest BCUT2D eigenvalue weighted by atomic mass is 9.70. The van der Waals surface area contributed by atoms with Crippen LogP contribution in [0.25, 0.3) is 0 Å².